The smallest absolute Gasteiger partial charge is 0.140 e. The van der Waals surface area contributed by atoms with Gasteiger partial charge in [-0.15, -0.1) is 0 Å². The Kier molecular flexibility index (Phi) is 5.28. The summed E-state index contributed by atoms with van der Waals surface area (Å²) in [6, 6.07) is 6.99. The molecule has 0 saturated carbocycles. The molecule has 6 heteroatoms. The molecule has 130 valence electrons. The highest BCUT2D eigenvalue weighted by molar-refractivity contribution is 5.59. The third kappa shape index (κ3) is 3.66. The Morgan fingerprint density at radius 1 is 1.08 bits per heavy atom. The van der Waals surface area contributed by atoms with Crippen LogP contribution in [0, 0.1) is 17.0 Å². The van der Waals surface area contributed by atoms with Crippen molar-refractivity contribution < 1.29 is 23.0 Å². The highest BCUT2D eigenvalue weighted by Crippen LogP contribution is 2.30. The fraction of sp³-hybridized carbons (Fsp3) is 0.444. The number of rotatable bonds is 6. The van der Waals surface area contributed by atoms with Crippen molar-refractivity contribution in [1.29, 1.82) is 0 Å². The molecule has 0 atom stereocenters. The maximum atomic E-state index is 13.8. The molecular weight excluding hydrogens is 316 g/mol. The molecule has 1 aliphatic heterocycles. The number of nitrogens with one attached hydrogen (secondary N) is 1. The summed E-state index contributed by atoms with van der Waals surface area (Å²) >= 11 is 0. The number of hydrogen-bond acceptors (Lipinski definition) is 4. The Hall–Kier alpha value is -1.76. The molecule has 1 fully saturated rings. The predicted octanol–water partition coefficient (Wildman–Crippen LogP) is 3.10. The van der Waals surface area contributed by atoms with Gasteiger partial charge in [0.25, 0.3) is 0 Å². The lowest BCUT2D eigenvalue weighted by molar-refractivity contribution is -0.0155. The number of benzene rings is 1. The summed E-state index contributed by atoms with van der Waals surface area (Å²) in [6.45, 7) is 2.47. The van der Waals surface area contributed by atoms with E-state index in [9.17, 15) is 13.9 Å². The first-order chi connectivity index (χ1) is 11.6. The van der Waals surface area contributed by atoms with Crippen LogP contribution in [0.4, 0.5) is 8.78 Å². The molecular formula is C18H21F2NO3. The third-order valence-corrected chi connectivity index (χ3v) is 4.56. The molecule has 4 nitrogen and oxygen atoms in total. The summed E-state index contributed by atoms with van der Waals surface area (Å²) in [5.41, 5.74) is -0.328. The molecule has 0 spiro atoms. The zero-order valence-corrected chi connectivity index (χ0v) is 13.4. The summed E-state index contributed by atoms with van der Waals surface area (Å²) in [4.78, 5) is 0. The zero-order valence-electron chi connectivity index (χ0n) is 13.4. The minimum atomic E-state index is -0.648. The Morgan fingerprint density at radius 2 is 1.79 bits per heavy atom. The molecule has 0 unspecified atom stereocenters. The first-order valence-corrected chi connectivity index (χ1v) is 8.06. The lowest BCUT2D eigenvalue weighted by atomic mass is 9.81. The molecule has 1 aromatic heterocycles. The second kappa shape index (κ2) is 7.42. The SMILES string of the molecule is OCC1(CNCc2ccc(-c3c(F)cccc3F)o2)CCOCC1. The fourth-order valence-corrected chi connectivity index (χ4v) is 2.99. The standard InChI is InChI=1S/C18H21F2NO3/c19-14-2-1-3-15(20)17(14)16-5-4-13(24-16)10-21-11-18(12-22)6-8-23-9-7-18/h1-5,21-22H,6-12H2. The van der Waals surface area contributed by atoms with E-state index in [1.165, 1.54) is 18.2 Å². The van der Waals surface area contributed by atoms with Crippen molar-refractivity contribution in [3.05, 3.63) is 47.7 Å². The van der Waals surface area contributed by atoms with E-state index in [1.54, 1.807) is 12.1 Å². The molecule has 0 radical (unpaired) electrons. The summed E-state index contributed by atoms with van der Waals surface area (Å²) in [7, 11) is 0. The first-order valence-electron chi connectivity index (χ1n) is 8.06. The summed E-state index contributed by atoms with van der Waals surface area (Å²) in [5.74, 6) is -0.534. The van der Waals surface area contributed by atoms with E-state index in [2.05, 4.69) is 5.32 Å². The number of ether oxygens (including phenoxy) is 1. The fourth-order valence-electron chi connectivity index (χ4n) is 2.99. The van der Waals surface area contributed by atoms with Gasteiger partial charge in [-0.3, -0.25) is 0 Å². The van der Waals surface area contributed by atoms with Crippen LogP contribution in [0.15, 0.2) is 34.7 Å². The van der Waals surface area contributed by atoms with Gasteiger partial charge in [-0.2, -0.15) is 0 Å². The van der Waals surface area contributed by atoms with Crippen molar-refractivity contribution >= 4 is 0 Å². The van der Waals surface area contributed by atoms with E-state index in [0.717, 1.165) is 12.8 Å². The average Bonchev–Trinajstić information content (AvgIpc) is 3.04. The van der Waals surface area contributed by atoms with Gasteiger partial charge in [0.15, 0.2) is 0 Å². The topological polar surface area (TPSA) is 54.6 Å². The number of furan rings is 1. The molecule has 24 heavy (non-hydrogen) atoms. The molecule has 1 saturated heterocycles. The first kappa shape index (κ1) is 17.1. The monoisotopic (exact) mass is 337 g/mol. The number of hydrogen-bond donors (Lipinski definition) is 2. The van der Waals surface area contributed by atoms with Gasteiger partial charge in [0, 0.05) is 25.2 Å². The molecule has 2 heterocycles. The van der Waals surface area contributed by atoms with Crippen LogP contribution in [0.3, 0.4) is 0 Å². The van der Waals surface area contributed by atoms with E-state index in [1.807, 2.05) is 0 Å². The summed E-state index contributed by atoms with van der Waals surface area (Å²) in [5, 5.41) is 12.9. The third-order valence-electron chi connectivity index (χ3n) is 4.56. The van der Waals surface area contributed by atoms with Gasteiger partial charge >= 0.3 is 0 Å². The molecule has 0 amide bonds. The largest absolute Gasteiger partial charge is 0.460 e. The van der Waals surface area contributed by atoms with E-state index in [-0.39, 0.29) is 23.3 Å². The predicted molar refractivity (Wildman–Crippen MR) is 85.3 cm³/mol. The number of halogens is 2. The second-order valence-electron chi connectivity index (χ2n) is 6.24. The van der Waals surface area contributed by atoms with Gasteiger partial charge < -0.3 is 19.6 Å². The molecule has 3 rings (SSSR count). The van der Waals surface area contributed by atoms with E-state index in [0.29, 0.717) is 32.1 Å². The molecule has 0 bridgehead atoms. The van der Waals surface area contributed by atoms with Crippen molar-refractivity contribution in [3.8, 4) is 11.3 Å². The number of aliphatic hydroxyl groups excluding tert-OH is 1. The van der Waals surface area contributed by atoms with Crippen LogP contribution in [-0.2, 0) is 11.3 Å². The minimum Gasteiger partial charge on any atom is -0.460 e. The summed E-state index contributed by atoms with van der Waals surface area (Å²) < 4.78 is 38.5. The van der Waals surface area contributed by atoms with Crippen LogP contribution in [0.2, 0.25) is 0 Å². The van der Waals surface area contributed by atoms with Crippen LogP contribution >= 0.6 is 0 Å². The maximum Gasteiger partial charge on any atom is 0.140 e. The van der Waals surface area contributed by atoms with Gasteiger partial charge in [-0.25, -0.2) is 8.78 Å². The van der Waals surface area contributed by atoms with E-state index < -0.39 is 11.6 Å². The minimum absolute atomic E-state index is 0.104. The van der Waals surface area contributed by atoms with Crippen LogP contribution in [0.1, 0.15) is 18.6 Å². The van der Waals surface area contributed by atoms with Gasteiger partial charge in [0.2, 0.25) is 0 Å². The Labute approximate surface area is 139 Å². The van der Waals surface area contributed by atoms with Crippen LogP contribution in [0.25, 0.3) is 11.3 Å². The molecule has 2 N–H and O–H groups in total. The highest BCUT2D eigenvalue weighted by atomic mass is 19.1. The second-order valence-corrected chi connectivity index (χ2v) is 6.24. The molecule has 0 aliphatic carbocycles. The van der Waals surface area contributed by atoms with Crippen LogP contribution in [0.5, 0.6) is 0 Å². The lowest BCUT2D eigenvalue weighted by Crippen LogP contribution is -2.41. The quantitative estimate of drug-likeness (QED) is 0.850. The van der Waals surface area contributed by atoms with Crippen molar-refractivity contribution in [2.75, 3.05) is 26.4 Å². The average molecular weight is 337 g/mol. The van der Waals surface area contributed by atoms with Gasteiger partial charge in [-0.05, 0) is 37.1 Å². The van der Waals surface area contributed by atoms with E-state index >= 15 is 0 Å². The van der Waals surface area contributed by atoms with Crippen LogP contribution < -0.4 is 5.32 Å². The van der Waals surface area contributed by atoms with Gasteiger partial charge in [0.05, 0.1) is 18.7 Å². The van der Waals surface area contributed by atoms with Crippen molar-refractivity contribution in [2.45, 2.75) is 19.4 Å². The van der Waals surface area contributed by atoms with E-state index in [4.69, 9.17) is 9.15 Å². The number of aliphatic hydroxyl groups is 1. The van der Waals surface area contributed by atoms with Crippen LogP contribution in [-0.4, -0.2) is 31.5 Å². The van der Waals surface area contributed by atoms with Crippen molar-refractivity contribution in [3.63, 3.8) is 0 Å². The Balaban J connectivity index is 1.62. The van der Waals surface area contributed by atoms with Gasteiger partial charge in [0.1, 0.15) is 23.2 Å². The Morgan fingerprint density at radius 3 is 2.46 bits per heavy atom. The normalized spacial score (nSPS) is 17.1. The maximum absolute atomic E-state index is 13.8. The molecule has 1 aromatic carbocycles. The Bertz CT molecular complexity index is 660. The van der Waals surface area contributed by atoms with Crippen molar-refractivity contribution in [2.24, 2.45) is 5.41 Å². The summed E-state index contributed by atoms with van der Waals surface area (Å²) in [6.07, 6.45) is 1.61. The zero-order chi connectivity index (χ0) is 17.0. The highest BCUT2D eigenvalue weighted by Gasteiger charge is 2.31. The lowest BCUT2D eigenvalue weighted by Gasteiger charge is -2.35. The van der Waals surface area contributed by atoms with Crippen molar-refractivity contribution in [1.82, 2.24) is 5.32 Å². The molecule has 1 aliphatic rings. The van der Waals surface area contributed by atoms with Gasteiger partial charge in [-0.1, -0.05) is 6.07 Å². The molecule has 2 aromatic rings.